The van der Waals surface area contributed by atoms with Gasteiger partial charge in [-0.1, -0.05) is 29.3 Å². The number of nitrogens with zero attached hydrogens (tertiary/aromatic N) is 1. The number of hydrogen-bond acceptors (Lipinski definition) is 6. The van der Waals surface area contributed by atoms with Gasteiger partial charge in [-0.2, -0.15) is 13.2 Å². The molecule has 1 aromatic heterocycles. The minimum atomic E-state index is -4.58. The number of anilines is 2. The molecule has 1 heterocycles. The molecule has 2 aromatic carbocycles. The second-order valence-electron chi connectivity index (χ2n) is 7.73. The maximum absolute atomic E-state index is 12.7. The van der Waals surface area contributed by atoms with Gasteiger partial charge in [0.05, 0.1) is 15.5 Å². The van der Waals surface area contributed by atoms with E-state index in [2.05, 4.69) is 21.0 Å². The molecule has 3 rings (SSSR count). The van der Waals surface area contributed by atoms with Crippen LogP contribution in [-0.2, 0) is 21.0 Å². The Kier molecular flexibility index (Phi) is 9.55. The van der Waals surface area contributed by atoms with Crippen LogP contribution in [0, 0.1) is 0 Å². The fourth-order valence-corrected chi connectivity index (χ4v) is 4.23. The van der Waals surface area contributed by atoms with Gasteiger partial charge >= 0.3 is 6.18 Å². The van der Waals surface area contributed by atoms with Crippen molar-refractivity contribution in [2.45, 2.75) is 23.9 Å². The third-order valence-corrected chi connectivity index (χ3v) is 6.66. The molecule has 2 amide bonds. The van der Waals surface area contributed by atoms with Crippen molar-refractivity contribution in [3.8, 4) is 0 Å². The number of alkyl halides is 3. The number of pyridine rings is 1. The number of amides is 2. The predicted molar refractivity (Wildman–Crippen MR) is 136 cm³/mol. The molecule has 0 unspecified atom stereocenters. The Morgan fingerprint density at radius 3 is 2.37 bits per heavy atom. The maximum atomic E-state index is 12.7. The van der Waals surface area contributed by atoms with E-state index in [0.717, 1.165) is 6.07 Å². The van der Waals surface area contributed by atoms with E-state index in [0.29, 0.717) is 16.8 Å². The molecule has 0 saturated heterocycles. The van der Waals surface area contributed by atoms with E-state index in [1.165, 1.54) is 36.4 Å². The molecular formula is C23H20Cl2F3N5O4S. The van der Waals surface area contributed by atoms with E-state index in [1.807, 2.05) is 4.83 Å². The SMILES string of the molecule is O=C(CCCNc1ncc(C(F)(F)F)cc1Cl)NNS(=O)(=O)c1cccc(NC(=O)c2ccc(Cl)cc2)c1. The minimum Gasteiger partial charge on any atom is -0.369 e. The van der Waals surface area contributed by atoms with Crippen LogP contribution < -0.4 is 20.9 Å². The summed E-state index contributed by atoms with van der Waals surface area (Å²) in [5.74, 6) is -1.11. The molecule has 0 aliphatic carbocycles. The van der Waals surface area contributed by atoms with Gasteiger partial charge in [0.15, 0.2) is 0 Å². The Morgan fingerprint density at radius 1 is 1.00 bits per heavy atom. The Hall–Kier alpha value is -3.39. The van der Waals surface area contributed by atoms with E-state index >= 15 is 0 Å². The van der Waals surface area contributed by atoms with Crippen molar-refractivity contribution in [2.75, 3.05) is 17.2 Å². The summed E-state index contributed by atoms with van der Waals surface area (Å²) >= 11 is 11.6. The van der Waals surface area contributed by atoms with E-state index < -0.39 is 33.6 Å². The summed E-state index contributed by atoms with van der Waals surface area (Å²) < 4.78 is 63.1. The third-order valence-electron chi connectivity index (χ3n) is 4.88. The number of hydrogen-bond donors (Lipinski definition) is 4. The summed E-state index contributed by atoms with van der Waals surface area (Å²) in [6.07, 6.45) is -3.87. The number of benzene rings is 2. The average Bonchev–Trinajstić information content (AvgIpc) is 2.86. The van der Waals surface area contributed by atoms with E-state index in [9.17, 15) is 31.2 Å². The number of hydrazine groups is 1. The standard InChI is InChI=1S/C23H20Cl2F3N5O4S/c24-16-8-6-14(7-9-16)22(35)31-17-3-1-4-18(12-17)38(36,37)33-32-20(34)5-2-10-29-21-19(25)11-15(13-30-21)23(26,27)28/h1,3-4,6-9,11-13,33H,2,5,10H2,(H,29,30)(H,31,35)(H,32,34). The van der Waals surface area contributed by atoms with Gasteiger partial charge in [0.25, 0.3) is 15.9 Å². The summed E-state index contributed by atoms with van der Waals surface area (Å²) in [5, 5.41) is 5.51. The molecule has 0 aliphatic rings. The first-order valence-corrected chi connectivity index (χ1v) is 13.0. The molecule has 202 valence electrons. The van der Waals surface area contributed by atoms with Crippen molar-refractivity contribution in [3.63, 3.8) is 0 Å². The lowest BCUT2D eigenvalue weighted by atomic mass is 10.2. The molecule has 4 N–H and O–H groups in total. The summed E-state index contributed by atoms with van der Waals surface area (Å²) in [6, 6.07) is 12.2. The monoisotopic (exact) mass is 589 g/mol. The van der Waals surface area contributed by atoms with Crippen LogP contribution in [0.3, 0.4) is 0 Å². The van der Waals surface area contributed by atoms with Gasteiger partial charge in [-0.15, -0.1) is 4.83 Å². The highest BCUT2D eigenvalue weighted by molar-refractivity contribution is 7.89. The quantitative estimate of drug-likeness (QED) is 0.197. The number of rotatable bonds is 10. The first-order chi connectivity index (χ1) is 17.8. The first-order valence-electron chi connectivity index (χ1n) is 10.8. The zero-order valence-electron chi connectivity index (χ0n) is 19.3. The highest BCUT2D eigenvalue weighted by atomic mass is 35.5. The number of aromatic nitrogens is 1. The highest BCUT2D eigenvalue weighted by Crippen LogP contribution is 2.32. The second-order valence-corrected chi connectivity index (χ2v) is 10.3. The predicted octanol–water partition coefficient (Wildman–Crippen LogP) is 4.86. The topological polar surface area (TPSA) is 129 Å². The van der Waals surface area contributed by atoms with Gasteiger partial charge in [0.2, 0.25) is 5.91 Å². The number of halogens is 5. The van der Waals surface area contributed by atoms with Crippen molar-refractivity contribution < 1.29 is 31.2 Å². The van der Waals surface area contributed by atoms with Crippen LogP contribution in [0.1, 0.15) is 28.8 Å². The van der Waals surface area contributed by atoms with Crippen molar-refractivity contribution in [2.24, 2.45) is 0 Å². The maximum Gasteiger partial charge on any atom is 0.417 e. The average molecular weight is 590 g/mol. The zero-order chi connectivity index (χ0) is 27.9. The normalized spacial score (nSPS) is 11.6. The van der Waals surface area contributed by atoms with E-state index in [-0.39, 0.29) is 40.8 Å². The molecule has 0 radical (unpaired) electrons. The van der Waals surface area contributed by atoms with Gasteiger partial charge in [0, 0.05) is 35.4 Å². The Bertz CT molecular complexity index is 1420. The fraction of sp³-hybridized carbons (Fsp3) is 0.174. The van der Waals surface area contributed by atoms with Crippen LogP contribution in [0.2, 0.25) is 10.0 Å². The van der Waals surface area contributed by atoms with Crippen LogP contribution in [-0.4, -0.2) is 31.8 Å². The number of carbonyl (C=O) groups excluding carboxylic acids is 2. The van der Waals surface area contributed by atoms with Gasteiger partial charge in [-0.05, 0) is 55.0 Å². The molecule has 38 heavy (non-hydrogen) atoms. The minimum absolute atomic E-state index is 0.0174. The van der Waals surface area contributed by atoms with E-state index in [1.54, 1.807) is 12.1 Å². The first kappa shape index (κ1) is 29.2. The molecule has 15 heteroatoms. The van der Waals surface area contributed by atoms with Crippen LogP contribution in [0.4, 0.5) is 24.7 Å². The largest absolute Gasteiger partial charge is 0.417 e. The zero-order valence-corrected chi connectivity index (χ0v) is 21.6. The van der Waals surface area contributed by atoms with Crippen molar-refractivity contribution in [1.82, 2.24) is 15.2 Å². The lowest BCUT2D eigenvalue weighted by Crippen LogP contribution is -2.41. The van der Waals surface area contributed by atoms with E-state index in [4.69, 9.17) is 23.2 Å². The van der Waals surface area contributed by atoms with Crippen molar-refractivity contribution in [3.05, 3.63) is 82.0 Å². The van der Waals surface area contributed by atoms with Crippen LogP contribution in [0.25, 0.3) is 0 Å². The molecule has 0 atom stereocenters. The second kappa shape index (κ2) is 12.4. The molecule has 0 aliphatic heterocycles. The summed E-state index contributed by atoms with van der Waals surface area (Å²) in [5.41, 5.74) is 1.61. The van der Waals surface area contributed by atoms with Gasteiger partial charge in [-0.25, -0.2) is 13.4 Å². The lowest BCUT2D eigenvalue weighted by Gasteiger charge is -2.12. The van der Waals surface area contributed by atoms with Gasteiger partial charge in [-0.3, -0.25) is 15.0 Å². The molecular weight excluding hydrogens is 570 g/mol. The summed E-state index contributed by atoms with van der Waals surface area (Å²) in [6.45, 7) is 0.133. The fourth-order valence-electron chi connectivity index (χ4n) is 2.97. The molecule has 0 bridgehead atoms. The third kappa shape index (κ3) is 8.31. The van der Waals surface area contributed by atoms with Crippen molar-refractivity contribution in [1.29, 1.82) is 0 Å². The Morgan fingerprint density at radius 2 is 1.71 bits per heavy atom. The molecule has 9 nitrogen and oxygen atoms in total. The number of nitrogens with one attached hydrogen (secondary N) is 4. The van der Waals surface area contributed by atoms with Crippen LogP contribution in [0.5, 0.6) is 0 Å². The summed E-state index contributed by atoms with van der Waals surface area (Å²) in [7, 11) is -4.16. The molecule has 0 fully saturated rings. The van der Waals surface area contributed by atoms with Crippen molar-refractivity contribution >= 4 is 56.5 Å². The van der Waals surface area contributed by atoms with Gasteiger partial charge < -0.3 is 10.6 Å². The highest BCUT2D eigenvalue weighted by Gasteiger charge is 2.31. The van der Waals surface area contributed by atoms with Crippen LogP contribution in [0.15, 0.2) is 65.7 Å². The number of sulfonamides is 1. The van der Waals surface area contributed by atoms with Gasteiger partial charge in [0.1, 0.15) is 5.82 Å². The smallest absolute Gasteiger partial charge is 0.369 e. The lowest BCUT2D eigenvalue weighted by molar-refractivity contribution is -0.137. The Balaban J connectivity index is 1.47. The molecule has 3 aromatic rings. The number of carbonyl (C=O) groups is 2. The molecule has 0 saturated carbocycles. The Labute approximate surface area is 225 Å². The summed E-state index contributed by atoms with van der Waals surface area (Å²) in [4.78, 5) is 29.8. The molecule has 0 spiro atoms. The van der Waals surface area contributed by atoms with Crippen LogP contribution >= 0.6 is 23.2 Å².